The number of rotatable bonds is 2. The van der Waals surface area contributed by atoms with Gasteiger partial charge in [-0.15, -0.1) is 0 Å². The fourth-order valence-corrected chi connectivity index (χ4v) is 0.960. The molecule has 1 rings (SSSR count). The molecule has 1 saturated heterocycles. The molecule has 12 heavy (non-hydrogen) atoms. The average Bonchev–Trinajstić information content (AvgIpc) is 2.03. The molecule has 0 spiro atoms. The van der Waals surface area contributed by atoms with Crippen molar-refractivity contribution in [1.29, 1.82) is 0 Å². The summed E-state index contributed by atoms with van der Waals surface area (Å²) in [5, 5.41) is 3.42. The van der Waals surface area contributed by atoms with Crippen LogP contribution in [0.15, 0.2) is 5.11 Å². The number of hydrogen-bond donors (Lipinski definition) is 0. The molecule has 0 aromatic rings. The molecule has 0 aliphatic carbocycles. The third-order valence-electron chi connectivity index (χ3n) is 1.68. The van der Waals surface area contributed by atoms with Gasteiger partial charge in [-0.25, -0.2) is 0 Å². The van der Waals surface area contributed by atoms with Gasteiger partial charge in [-0.3, -0.25) is 0 Å². The van der Waals surface area contributed by atoms with E-state index < -0.39 is 0 Å². The Kier molecular flexibility index (Phi) is 2.92. The fourth-order valence-electron chi connectivity index (χ4n) is 0.960. The van der Waals surface area contributed by atoms with E-state index in [4.69, 9.17) is 15.0 Å². The molecule has 0 amide bonds. The lowest BCUT2D eigenvalue weighted by atomic mass is 10.1. The fraction of sp³-hybridized carbons (Fsp3) is 1.00. The summed E-state index contributed by atoms with van der Waals surface area (Å²) in [5.74, 6) is 0. The molecule has 68 valence electrons. The summed E-state index contributed by atoms with van der Waals surface area (Å²) in [6.45, 7) is 5.35. The van der Waals surface area contributed by atoms with E-state index in [-0.39, 0.29) is 11.7 Å². The van der Waals surface area contributed by atoms with Crippen LogP contribution in [-0.4, -0.2) is 31.5 Å². The van der Waals surface area contributed by atoms with Crippen LogP contribution in [0.2, 0.25) is 0 Å². The average molecular weight is 171 g/mol. The van der Waals surface area contributed by atoms with Crippen LogP contribution in [0.4, 0.5) is 0 Å². The molecule has 1 fully saturated rings. The standard InChI is InChI=1S/C7H13N3O2/c1-7(2)5-11-6(4-12-7)3-9-10-8/h6H,3-5H2,1-2H3. The Morgan fingerprint density at radius 2 is 2.42 bits per heavy atom. The molecule has 5 nitrogen and oxygen atoms in total. The molecule has 1 heterocycles. The SMILES string of the molecule is CC1(C)COC(CN=[N+]=[N-])CO1. The molecule has 1 atom stereocenters. The molecule has 5 heteroatoms. The highest BCUT2D eigenvalue weighted by molar-refractivity contribution is 4.76. The summed E-state index contributed by atoms with van der Waals surface area (Å²) in [4.78, 5) is 2.66. The minimum Gasteiger partial charge on any atom is -0.373 e. The van der Waals surface area contributed by atoms with E-state index in [9.17, 15) is 0 Å². The first-order chi connectivity index (χ1) is 5.64. The van der Waals surface area contributed by atoms with E-state index in [0.29, 0.717) is 19.8 Å². The van der Waals surface area contributed by atoms with Gasteiger partial charge in [-0.2, -0.15) is 0 Å². The Balaban J connectivity index is 2.31. The maximum atomic E-state index is 8.06. The molecule has 1 aliphatic rings. The van der Waals surface area contributed by atoms with Crippen molar-refractivity contribution >= 4 is 0 Å². The second-order valence-electron chi connectivity index (χ2n) is 3.42. The van der Waals surface area contributed by atoms with Gasteiger partial charge < -0.3 is 9.47 Å². The van der Waals surface area contributed by atoms with Gasteiger partial charge in [-0.05, 0) is 19.4 Å². The first kappa shape index (κ1) is 9.32. The third-order valence-corrected chi connectivity index (χ3v) is 1.68. The van der Waals surface area contributed by atoms with Gasteiger partial charge in [0, 0.05) is 4.91 Å². The Morgan fingerprint density at radius 1 is 1.67 bits per heavy atom. The lowest BCUT2D eigenvalue weighted by Gasteiger charge is -2.34. The van der Waals surface area contributed by atoms with Crippen molar-refractivity contribution in [2.45, 2.75) is 25.6 Å². The highest BCUT2D eigenvalue weighted by Crippen LogP contribution is 2.17. The largest absolute Gasteiger partial charge is 0.373 e. The summed E-state index contributed by atoms with van der Waals surface area (Å²) in [6, 6.07) is 0. The Labute approximate surface area is 71.3 Å². The van der Waals surface area contributed by atoms with Crippen molar-refractivity contribution in [3.8, 4) is 0 Å². The highest BCUT2D eigenvalue weighted by atomic mass is 16.6. The maximum Gasteiger partial charge on any atom is 0.0866 e. The van der Waals surface area contributed by atoms with Crippen molar-refractivity contribution in [2.75, 3.05) is 19.8 Å². The lowest BCUT2D eigenvalue weighted by molar-refractivity contribution is -0.171. The molecular formula is C7H13N3O2. The molecule has 0 saturated carbocycles. The van der Waals surface area contributed by atoms with E-state index in [2.05, 4.69) is 10.0 Å². The van der Waals surface area contributed by atoms with E-state index >= 15 is 0 Å². The van der Waals surface area contributed by atoms with Crippen LogP contribution in [-0.2, 0) is 9.47 Å². The van der Waals surface area contributed by atoms with Crippen molar-refractivity contribution in [2.24, 2.45) is 5.11 Å². The molecule has 1 unspecified atom stereocenters. The van der Waals surface area contributed by atoms with Crippen molar-refractivity contribution < 1.29 is 9.47 Å². The van der Waals surface area contributed by atoms with Crippen LogP contribution in [0.5, 0.6) is 0 Å². The van der Waals surface area contributed by atoms with E-state index in [1.807, 2.05) is 13.8 Å². The Morgan fingerprint density at radius 3 is 2.92 bits per heavy atom. The van der Waals surface area contributed by atoms with Crippen LogP contribution in [0.1, 0.15) is 13.8 Å². The second kappa shape index (κ2) is 3.76. The van der Waals surface area contributed by atoms with Gasteiger partial charge in [0.05, 0.1) is 31.5 Å². The monoisotopic (exact) mass is 171 g/mol. The second-order valence-corrected chi connectivity index (χ2v) is 3.42. The summed E-state index contributed by atoms with van der Waals surface area (Å²) < 4.78 is 10.9. The molecule has 0 aromatic heterocycles. The van der Waals surface area contributed by atoms with Crippen LogP contribution in [0.3, 0.4) is 0 Å². The van der Waals surface area contributed by atoms with Crippen molar-refractivity contribution in [3.63, 3.8) is 0 Å². The van der Waals surface area contributed by atoms with Gasteiger partial charge in [0.1, 0.15) is 0 Å². The van der Waals surface area contributed by atoms with Gasteiger partial charge in [-0.1, -0.05) is 5.11 Å². The highest BCUT2D eigenvalue weighted by Gasteiger charge is 2.27. The summed E-state index contributed by atoms with van der Waals surface area (Å²) in [6.07, 6.45) is -0.0751. The van der Waals surface area contributed by atoms with Crippen LogP contribution in [0, 0.1) is 0 Å². The minimum absolute atomic E-state index is 0.0751. The topological polar surface area (TPSA) is 67.2 Å². The van der Waals surface area contributed by atoms with Crippen molar-refractivity contribution in [3.05, 3.63) is 10.4 Å². The molecule has 0 aromatic carbocycles. The Bertz CT molecular complexity index is 189. The smallest absolute Gasteiger partial charge is 0.0866 e. The summed E-state index contributed by atoms with van der Waals surface area (Å²) >= 11 is 0. The number of hydrogen-bond acceptors (Lipinski definition) is 3. The summed E-state index contributed by atoms with van der Waals surface area (Å²) in [7, 11) is 0. The molecule has 1 aliphatic heterocycles. The first-order valence-electron chi connectivity index (χ1n) is 3.90. The van der Waals surface area contributed by atoms with Crippen LogP contribution in [0.25, 0.3) is 10.4 Å². The summed E-state index contributed by atoms with van der Waals surface area (Å²) in [5.41, 5.74) is 7.86. The zero-order chi connectivity index (χ0) is 9.03. The van der Waals surface area contributed by atoms with Gasteiger partial charge in [0.15, 0.2) is 0 Å². The van der Waals surface area contributed by atoms with E-state index in [1.54, 1.807) is 0 Å². The van der Waals surface area contributed by atoms with Gasteiger partial charge in [0.2, 0.25) is 0 Å². The number of nitrogens with zero attached hydrogens (tertiary/aromatic N) is 3. The number of azide groups is 1. The zero-order valence-electron chi connectivity index (χ0n) is 7.36. The predicted octanol–water partition coefficient (Wildman–Crippen LogP) is 1.49. The molecule has 0 radical (unpaired) electrons. The van der Waals surface area contributed by atoms with Gasteiger partial charge >= 0.3 is 0 Å². The molecule has 0 N–H and O–H groups in total. The quantitative estimate of drug-likeness (QED) is 0.359. The third kappa shape index (κ3) is 2.70. The zero-order valence-corrected chi connectivity index (χ0v) is 7.36. The van der Waals surface area contributed by atoms with Crippen LogP contribution < -0.4 is 0 Å². The van der Waals surface area contributed by atoms with Crippen LogP contribution >= 0.6 is 0 Å². The maximum absolute atomic E-state index is 8.06. The molecule has 0 bridgehead atoms. The van der Waals surface area contributed by atoms with Gasteiger partial charge in [0.25, 0.3) is 0 Å². The lowest BCUT2D eigenvalue weighted by Crippen LogP contribution is -2.43. The predicted molar refractivity (Wildman–Crippen MR) is 43.8 cm³/mol. The first-order valence-corrected chi connectivity index (χ1v) is 3.90. The Hall–Kier alpha value is -0.770. The normalized spacial score (nSPS) is 27.7. The van der Waals surface area contributed by atoms with E-state index in [0.717, 1.165) is 0 Å². The molecular weight excluding hydrogens is 158 g/mol. The number of ether oxygens (including phenoxy) is 2. The van der Waals surface area contributed by atoms with Crippen molar-refractivity contribution in [1.82, 2.24) is 0 Å². The van der Waals surface area contributed by atoms with E-state index in [1.165, 1.54) is 0 Å². The minimum atomic E-state index is -0.202.